The van der Waals surface area contributed by atoms with Crippen molar-refractivity contribution in [3.8, 4) is 11.4 Å². The van der Waals surface area contributed by atoms with Crippen molar-refractivity contribution in [1.82, 2.24) is 14.5 Å². The molecule has 194 valence electrons. The van der Waals surface area contributed by atoms with Crippen molar-refractivity contribution in [1.29, 1.82) is 0 Å². The van der Waals surface area contributed by atoms with Crippen LogP contribution in [0, 0.1) is 5.82 Å². The Bertz CT molecular complexity index is 1460. The number of hydrogen-bond donors (Lipinski definition) is 1. The predicted octanol–water partition coefficient (Wildman–Crippen LogP) is 3.57. The zero-order valence-corrected chi connectivity index (χ0v) is 20.9. The highest BCUT2D eigenvalue weighted by Gasteiger charge is 2.42. The van der Waals surface area contributed by atoms with Gasteiger partial charge in [-0.05, 0) is 61.7 Å². The van der Waals surface area contributed by atoms with E-state index >= 15 is 0 Å². The second-order valence-electron chi connectivity index (χ2n) is 10.2. The first kappa shape index (κ1) is 24.2. The molecule has 0 spiro atoms. The van der Waals surface area contributed by atoms with Gasteiger partial charge in [0.2, 0.25) is 0 Å². The molecule has 0 aliphatic carbocycles. The molecular formula is C28H30FN3O5. The highest BCUT2D eigenvalue weighted by molar-refractivity contribution is 5.88. The summed E-state index contributed by atoms with van der Waals surface area (Å²) in [4.78, 5) is 33.5. The van der Waals surface area contributed by atoms with Gasteiger partial charge in [-0.1, -0.05) is 13.3 Å². The topological polar surface area (TPSA) is 93.9 Å². The Hall–Kier alpha value is -3.14. The van der Waals surface area contributed by atoms with Crippen molar-refractivity contribution in [3.63, 3.8) is 0 Å². The number of fused-ring (bicyclic) bond motifs is 5. The molecule has 3 aromatic rings. The molecule has 0 saturated carbocycles. The molecule has 5 heterocycles. The van der Waals surface area contributed by atoms with Gasteiger partial charge >= 0.3 is 5.97 Å². The number of aliphatic hydroxyl groups excluding tert-OH is 1. The number of aromatic nitrogens is 2. The molecule has 1 atom stereocenters. The summed E-state index contributed by atoms with van der Waals surface area (Å²) in [7, 11) is 0. The molecule has 6 rings (SSSR count). The number of hydrogen-bond acceptors (Lipinski definition) is 7. The van der Waals surface area contributed by atoms with E-state index in [1.54, 1.807) is 10.6 Å². The Labute approximate surface area is 213 Å². The Morgan fingerprint density at radius 3 is 2.73 bits per heavy atom. The fourth-order valence-electron chi connectivity index (χ4n) is 6.20. The van der Waals surface area contributed by atoms with Crippen LogP contribution < -0.4 is 5.56 Å². The molecule has 1 aromatic carbocycles. The average Bonchev–Trinajstić information content (AvgIpc) is 3.19. The normalized spacial score (nSPS) is 21.3. The number of benzene rings is 1. The van der Waals surface area contributed by atoms with Gasteiger partial charge in [-0.2, -0.15) is 0 Å². The minimum atomic E-state index is -1.19. The summed E-state index contributed by atoms with van der Waals surface area (Å²) in [5.41, 5.74) is 3.28. The van der Waals surface area contributed by atoms with E-state index in [2.05, 4.69) is 4.90 Å². The van der Waals surface area contributed by atoms with Crippen molar-refractivity contribution in [3.05, 3.63) is 62.7 Å². The molecule has 9 heteroatoms. The number of likely N-dealkylation sites (tertiary alicyclic amines) is 1. The van der Waals surface area contributed by atoms with Crippen molar-refractivity contribution in [2.75, 3.05) is 19.9 Å². The maximum absolute atomic E-state index is 14.3. The largest absolute Gasteiger partial charge is 0.460 e. The second kappa shape index (κ2) is 9.31. The van der Waals surface area contributed by atoms with Crippen LogP contribution in [-0.4, -0.2) is 45.4 Å². The molecule has 1 unspecified atom stereocenters. The highest BCUT2D eigenvalue weighted by atomic mass is 19.1. The summed E-state index contributed by atoms with van der Waals surface area (Å²) in [6.45, 7) is 4.16. The van der Waals surface area contributed by atoms with Crippen LogP contribution in [0.2, 0.25) is 0 Å². The summed E-state index contributed by atoms with van der Waals surface area (Å²) in [6, 6.07) is 6.54. The van der Waals surface area contributed by atoms with Crippen LogP contribution >= 0.6 is 0 Å². The summed E-state index contributed by atoms with van der Waals surface area (Å²) >= 11 is 0. The summed E-state index contributed by atoms with van der Waals surface area (Å²) in [5.74, 6) is -0.849. The van der Waals surface area contributed by atoms with Gasteiger partial charge in [-0.3, -0.25) is 14.5 Å². The number of cyclic esters (lactones) is 1. The number of carbonyl (C=O) groups excluding carboxylic acids is 1. The van der Waals surface area contributed by atoms with Gasteiger partial charge in [0.1, 0.15) is 24.8 Å². The van der Waals surface area contributed by atoms with Gasteiger partial charge in [-0.15, -0.1) is 0 Å². The van der Waals surface area contributed by atoms with Gasteiger partial charge in [-0.25, -0.2) is 9.37 Å². The SMILES string of the molecule is CCC1(OCO)CC(=O)OCc2c1cc1n(c2=O)Cc2c-1nc1cc(F)ccc1c2CN1CCCCC1. The van der Waals surface area contributed by atoms with Crippen molar-refractivity contribution >= 4 is 16.9 Å². The number of pyridine rings is 2. The third kappa shape index (κ3) is 3.96. The van der Waals surface area contributed by atoms with Crippen LogP contribution in [0.1, 0.15) is 61.3 Å². The monoisotopic (exact) mass is 507 g/mol. The molecule has 37 heavy (non-hydrogen) atoms. The van der Waals surface area contributed by atoms with Gasteiger partial charge in [0.05, 0.1) is 35.4 Å². The second-order valence-corrected chi connectivity index (χ2v) is 10.2. The molecule has 0 amide bonds. The summed E-state index contributed by atoms with van der Waals surface area (Å²) in [6.07, 6.45) is 3.78. The molecule has 0 bridgehead atoms. The van der Waals surface area contributed by atoms with E-state index in [1.165, 1.54) is 18.6 Å². The minimum Gasteiger partial charge on any atom is -0.460 e. The molecule has 1 saturated heterocycles. The Kier molecular flexibility index (Phi) is 6.09. The van der Waals surface area contributed by atoms with E-state index < -0.39 is 18.4 Å². The number of carbonyl (C=O) groups is 1. The number of halogens is 1. The summed E-state index contributed by atoms with van der Waals surface area (Å²) < 4.78 is 27.1. The maximum Gasteiger partial charge on any atom is 0.309 e. The maximum atomic E-state index is 14.3. The zero-order valence-electron chi connectivity index (χ0n) is 20.9. The van der Waals surface area contributed by atoms with Crippen LogP contribution in [0.3, 0.4) is 0 Å². The molecule has 1 fully saturated rings. The highest BCUT2D eigenvalue weighted by Crippen LogP contribution is 2.42. The smallest absolute Gasteiger partial charge is 0.309 e. The van der Waals surface area contributed by atoms with E-state index in [9.17, 15) is 19.1 Å². The Balaban J connectivity index is 1.57. The van der Waals surface area contributed by atoms with Gasteiger partial charge in [0.25, 0.3) is 5.56 Å². The molecule has 3 aliphatic rings. The third-order valence-corrected chi connectivity index (χ3v) is 8.17. The fourth-order valence-corrected chi connectivity index (χ4v) is 6.20. The Morgan fingerprint density at radius 2 is 1.97 bits per heavy atom. The van der Waals surface area contributed by atoms with Crippen LogP contribution in [-0.2, 0) is 39.6 Å². The van der Waals surface area contributed by atoms with E-state index in [0.29, 0.717) is 47.5 Å². The van der Waals surface area contributed by atoms with Crippen molar-refractivity contribution in [2.24, 2.45) is 0 Å². The fraction of sp³-hybridized carbons (Fsp3) is 0.464. The number of ether oxygens (including phenoxy) is 2. The zero-order chi connectivity index (χ0) is 25.7. The lowest BCUT2D eigenvalue weighted by Gasteiger charge is -2.31. The van der Waals surface area contributed by atoms with Crippen LogP contribution in [0.15, 0.2) is 29.1 Å². The standard InChI is InChI=1S/C28H30FN3O5/c1-2-28(37-16-33)12-25(34)36-15-21-22(28)11-24-26-20(14-32(24)27(21)35)19(13-31-8-4-3-5-9-31)18-7-6-17(29)10-23(18)30-26/h6-7,10-11,33H,2-5,8-9,12-16H2,1H3. The molecule has 1 N–H and O–H groups in total. The minimum absolute atomic E-state index is 0.108. The first-order valence-electron chi connectivity index (χ1n) is 13.0. The lowest BCUT2D eigenvalue weighted by Crippen LogP contribution is -2.35. The number of rotatable bonds is 5. The molecular weight excluding hydrogens is 477 g/mol. The van der Waals surface area contributed by atoms with Crippen LogP contribution in [0.5, 0.6) is 0 Å². The van der Waals surface area contributed by atoms with Crippen LogP contribution in [0.25, 0.3) is 22.3 Å². The summed E-state index contributed by atoms with van der Waals surface area (Å²) in [5, 5.41) is 10.6. The van der Waals surface area contributed by atoms with Crippen LogP contribution in [0.4, 0.5) is 4.39 Å². The molecule has 8 nitrogen and oxygen atoms in total. The number of piperidine rings is 1. The molecule has 2 aromatic heterocycles. The van der Waals surface area contributed by atoms with E-state index in [4.69, 9.17) is 14.5 Å². The quantitative estimate of drug-likeness (QED) is 0.326. The van der Waals surface area contributed by atoms with E-state index in [1.807, 2.05) is 13.0 Å². The molecule has 0 radical (unpaired) electrons. The first-order chi connectivity index (χ1) is 17.9. The van der Waals surface area contributed by atoms with Gasteiger partial charge in [0, 0.05) is 23.6 Å². The number of nitrogens with zero attached hydrogens (tertiary/aromatic N) is 3. The lowest BCUT2D eigenvalue weighted by molar-refractivity contribution is -0.161. The number of aliphatic hydroxyl groups is 1. The third-order valence-electron chi connectivity index (χ3n) is 8.17. The Morgan fingerprint density at radius 1 is 1.16 bits per heavy atom. The van der Waals surface area contributed by atoms with Gasteiger partial charge in [0.15, 0.2) is 0 Å². The van der Waals surface area contributed by atoms with Gasteiger partial charge < -0.3 is 19.1 Å². The van der Waals surface area contributed by atoms with E-state index in [0.717, 1.165) is 42.4 Å². The van der Waals surface area contributed by atoms with E-state index in [-0.39, 0.29) is 24.4 Å². The average molecular weight is 508 g/mol. The number of esters is 1. The van der Waals surface area contributed by atoms with Crippen molar-refractivity contribution in [2.45, 2.75) is 64.3 Å². The predicted molar refractivity (Wildman–Crippen MR) is 134 cm³/mol. The lowest BCUT2D eigenvalue weighted by atomic mass is 9.85. The molecule has 3 aliphatic heterocycles. The van der Waals surface area contributed by atoms with Crippen molar-refractivity contribution < 1.29 is 23.8 Å². The first-order valence-corrected chi connectivity index (χ1v) is 13.0.